The molecule has 0 spiro atoms. The molecule has 9 rings (SSSR count). The monoisotopic (exact) mass is 655 g/mol. The SMILES string of the molecule is Cc1ccc(-n2c(-c3ccccc3)c3c(c2-c2ccccc2)C(c2ccccc2)(c2ccccc2)c2ccccc2C3(O)c2ccccc2)cc1. The molecule has 0 saturated carbocycles. The van der Waals surface area contributed by atoms with Crippen molar-refractivity contribution in [1.29, 1.82) is 0 Å². The number of aryl methyl sites for hydroxylation is 1. The molecule has 0 saturated heterocycles. The van der Waals surface area contributed by atoms with Gasteiger partial charge in [-0.3, -0.25) is 0 Å². The minimum absolute atomic E-state index is 0.805. The smallest absolute Gasteiger partial charge is 0.143 e. The molecule has 1 aliphatic rings. The zero-order chi connectivity index (χ0) is 34.4. The van der Waals surface area contributed by atoms with E-state index in [0.29, 0.717) is 0 Å². The molecule has 1 heterocycles. The number of hydrogen-bond donors (Lipinski definition) is 1. The fraction of sp³-hybridized carbons (Fsp3) is 0.0612. The molecular weight excluding hydrogens is 619 g/mol. The first kappa shape index (κ1) is 30.8. The normalized spacial score (nSPS) is 15.9. The lowest BCUT2D eigenvalue weighted by molar-refractivity contribution is 0.119. The standard InChI is InChI=1S/C49H37NO/c1-35-31-33-41(34-32-35)50-46(36-19-7-2-8-20-36)44-45(47(50)37-21-9-3-10-22-37)49(51,40-27-15-6-16-28-40)43-30-18-17-29-42(43)48(44,38-23-11-4-12-24-38)39-25-13-5-14-26-39/h2-34,51H,1H3. The quantitative estimate of drug-likeness (QED) is 0.189. The third kappa shape index (κ3) is 4.61. The highest BCUT2D eigenvalue weighted by molar-refractivity contribution is 5.89. The summed E-state index contributed by atoms with van der Waals surface area (Å²) in [5.74, 6) is 0. The Labute approximate surface area is 299 Å². The van der Waals surface area contributed by atoms with Gasteiger partial charge in [-0.15, -0.1) is 0 Å². The van der Waals surface area contributed by atoms with E-state index in [4.69, 9.17) is 0 Å². The van der Waals surface area contributed by atoms with Crippen LogP contribution in [0, 0.1) is 6.92 Å². The summed E-state index contributed by atoms with van der Waals surface area (Å²) in [6.45, 7) is 2.13. The first-order valence-electron chi connectivity index (χ1n) is 17.6. The van der Waals surface area contributed by atoms with Gasteiger partial charge in [-0.2, -0.15) is 0 Å². The Kier molecular flexibility index (Phi) is 7.42. The first-order valence-corrected chi connectivity index (χ1v) is 17.6. The van der Waals surface area contributed by atoms with Crippen LogP contribution < -0.4 is 0 Å². The number of hydrogen-bond acceptors (Lipinski definition) is 1. The van der Waals surface area contributed by atoms with Crippen LogP contribution in [0.25, 0.3) is 28.2 Å². The lowest BCUT2D eigenvalue weighted by Gasteiger charge is -2.47. The number of aliphatic hydroxyl groups is 1. The first-order chi connectivity index (χ1) is 25.1. The maximum atomic E-state index is 14.1. The summed E-state index contributed by atoms with van der Waals surface area (Å²) in [6, 6.07) is 70.6. The lowest BCUT2D eigenvalue weighted by Crippen LogP contribution is -2.44. The van der Waals surface area contributed by atoms with Gasteiger partial charge in [0, 0.05) is 16.8 Å². The topological polar surface area (TPSA) is 25.2 Å². The van der Waals surface area contributed by atoms with Crippen molar-refractivity contribution in [1.82, 2.24) is 4.57 Å². The Morgan fingerprint density at radius 2 is 0.784 bits per heavy atom. The van der Waals surface area contributed by atoms with Gasteiger partial charge >= 0.3 is 0 Å². The average Bonchev–Trinajstić information content (AvgIpc) is 3.57. The highest BCUT2D eigenvalue weighted by Gasteiger charge is 2.56. The summed E-state index contributed by atoms with van der Waals surface area (Å²) >= 11 is 0. The summed E-state index contributed by atoms with van der Waals surface area (Å²) in [5, 5.41) is 14.1. The number of benzene rings is 7. The Hall–Kier alpha value is -6.22. The summed E-state index contributed by atoms with van der Waals surface area (Å²) in [7, 11) is 0. The number of nitrogens with zero attached hydrogens (tertiary/aromatic N) is 1. The molecule has 2 heteroatoms. The Morgan fingerprint density at radius 1 is 0.392 bits per heavy atom. The predicted octanol–water partition coefficient (Wildman–Crippen LogP) is 11.1. The fourth-order valence-corrected chi connectivity index (χ4v) is 8.50. The van der Waals surface area contributed by atoms with E-state index in [1.54, 1.807) is 0 Å². The molecule has 1 atom stereocenters. The van der Waals surface area contributed by atoms with Crippen molar-refractivity contribution in [3.05, 3.63) is 245 Å². The Morgan fingerprint density at radius 3 is 1.27 bits per heavy atom. The van der Waals surface area contributed by atoms with E-state index in [1.165, 1.54) is 5.56 Å². The van der Waals surface area contributed by atoms with E-state index in [-0.39, 0.29) is 0 Å². The second kappa shape index (κ2) is 12.3. The van der Waals surface area contributed by atoms with Crippen LogP contribution in [-0.4, -0.2) is 9.67 Å². The van der Waals surface area contributed by atoms with Gasteiger partial charge in [0.15, 0.2) is 0 Å². The van der Waals surface area contributed by atoms with Gasteiger partial charge in [0.25, 0.3) is 0 Å². The van der Waals surface area contributed by atoms with E-state index in [1.807, 2.05) is 18.2 Å². The van der Waals surface area contributed by atoms with Crippen molar-refractivity contribution in [2.45, 2.75) is 17.9 Å². The molecule has 2 nitrogen and oxygen atoms in total. The molecule has 1 unspecified atom stereocenters. The molecule has 1 aliphatic carbocycles. The number of fused-ring (bicyclic) bond motifs is 2. The van der Waals surface area contributed by atoms with E-state index in [9.17, 15) is 5.11 Å². The van der Waals surface area contributed by atoms with Crippen molar-refractivity contribution in [3.63, 3.8) is 0 Å². The molecule has 244 valence electrons. The predicted molar refractivity (Wildman–Crippen MR) is 208 cm³/mol. The van der Waals surface area contributed by atoms with Crippen LogP contribution in [0.15, 0.2) is 200 Å². The van der Waals surface area contributed by atoms with Crippen LogP contribution in [0.1, 0.15) is 44.5 Å². The Balaban J connectivity index is 1.62. The molecule has 7 aromatic carbocycles. The molecule has 1 aromatic heterocycles. The van der Waals surface area contributed by atoms with Crippen molar-refractivity contribution in [2.24, 2.45) is 0 Å². The van der Waals surface area contributed by atoms with Crippen LogP contribution in [0.5, 0.6) is 0 Å². The summed E-state index contributed by atoms with van der Waals surface area (Å²) < 4.78 is 2.41. The summed E-state index contributed by atoms with van der Waals surface area (Å²) in [4.78, 5) is 0. The van der Waals surface area contributed by atoms with E-state index < -0.39 is 11.0 Å². The van der Waals surface area contributed by atoms with Crippen LogP contribution in [0.4, 0.5) is 0 Å². The van der Waals surface area contributed by atoms with Gasteiger partial charge in [-0.05, 0) is 58.0 Å². The average molecular weight is 656 g/mol. The van der Waals surface area contributed by atoms with Gasteiger partial charge < -0.3 is 9.67 Å². The molecule has 8 aromatic rings. The third-order valence-corrected chi connectivity index (χ3v) is 10.6. The zero-order valence-corrected chi connectivity index (χ0v) is 28.4. The van der Waals surface area contributed by atoms with Crippen LogP contribution in [0.2, 0.25) is 0 Å². The highest BCUT2D eigenvalue weighted by Crippen LogP contribution is 2.62. The van der Waals surface area contributed by atoms with Gasteiger partial charge in [-0.25, -0.2) is 0 Å². The molecule has 0 radical (unpaired) electrons. The fourth-order valence-electron chi connectivity index (χ4n) is 8.50. The lowest BCUT2D eigenvalue weighted by atomic mass is 9.55. The Bertz CT molecular complexity index is 2410. The molecule has 0 aliphatic heterocycles. The second-order valence-corrected chi connectivity index (χ2v) is 13.5. The second-order valence-electron chi connectivity index (χ2n) is 13.5. The molecule has 0 amide bonds. The van der Waals surface area contributed by atoms with Crippen LogP contribution in [-0.2, 0) is 11.0 Å². The maximum Gasteiger partial charge on any atom is 0.143 e. The molecule has 0 fully saturated rings. The zero-order valence-electron chi connectivity index (χ0n) is 28.4. The van der Waals surface area contributed by atoms with Gasteiger partial charge in [0.05, 0.1) is 16.8 Å². The number of rotatable bonds is 6. The summed E-state index contributed by atoms with van der Waals surface area (Å²) in [5.41, 5.74) is 11.0. The van der Waals surface area contributed by atoms with E-state index >= 15 is 0 Å². The minimum Gasteiger partial charge on any atom is -0.376 e. The molecule has 51 heavy (non-hydrogen) atoms. The van der Waals surface area contributed by atoms with Crippen molar-refractivity contribution in [3.8, 4) is 28.2 Å². The maximum absolute atomic E-state index is 14.1. The van der Waals surface area contributed by atoms with Crippen LogP contribution in [0.3, 0.4) is 0 Å². The number of aromatic nitrogens is 1. The molecule has 0 bridgehead atoms. The van der Waals surface area contributed by atoms with Crippen LogP contribution >= 0.6 is 0 Å². The van der Waals surface area contributed by atoms with E-state index in [2.05, 4.69) is 193 Å². The van der Waals surface area contributed by atoms with E-state index in [0.717, 1.165) is 67.1 Å². The van der Waals surface area contributed by atoms with Crippen molar-refractivity contribution < 1.29 is 5.11 Å². The van der Waals surface area contributed by atoms with Gasteiger partial charge in [0.1, 0.15) is 5.60 Å². The van der Waals surface area contributed by atoms with Gasteiger partial charge in [0.2, 0.25) is 0 Å². The highest BCUT2D eigenvalue weighted by atomic mass is 16.3. The molecular formula is C49H37NO. The van der Waals surface area contributed by atoms with Crippen molar-refractivity contribution >= 4 is 0 Å². The third-order valence-electron chi connectivity index (χ3n) is 10.6. The molecule has 1 N–H and O–H groups in total. The summed E-state index contributed by atoms with van der Waals surface area (Å²) in [6.07, 6.45) is 0. The van der Waals surface area contributed by atoms with Gasteiger partial charge in [-0.1, -0.05) is 194 Å². The minimum atomic E-state index is -1.51. The van der Waals surface area contributed by atoms with Crippen molar-refractivity contribution in [2.75, 3.05) is 0 Å². The largest absolute Gasteiger partial charge is 0.376 e.